The SMILES string of the molecule is CCN1CCN(c2nc3ccc(OC(=O)c4ccc(S(=O)(=O)N5CCC[C@H](C)C5)cc4)cc3s2)CC1. The monoisotopic (exact) mass is 528 g/mol. The van der Waals surface area contributed by atoms with Crippen molar-refractivity contribution >= 4 is 42.7 Å². The first-order valence-corrected chi connectivity index (χ1v) is 14.8. The number of likely N-dealkylation sites (N-methyl/N-ethyl adjacent to an activating group) is 1. The van der Waals surface area contributed by atoms with Gasteiger partial charge in [-0.25, -0.2) is 18.2 Å². The second kappa shape index (κ2) is 10.5. The predicted octanol–water partition coefficient (Wildman–Crippen LogP) is 4.08. The second-order valence-electron chi connectivity index (χ2n) is 9.57. The van der Waals surface area contributed by atoms with Gasteiger partial charge in [-0.05, 0) is 61.7 Å². The molecule has 8 nitrogen and oxygen atoms in total. The van der Waals surface area contributed by atoms with Crippen molar-refractivity contribution in [2.75, 3.05) is 50.7 Å². The van der Waals surface area contributed by atoms with Crippen LogP contribution < -0.4 is 9.64 Å². The molecule has 0 amide bonds. The fraction of sp³-hybridized carbons (Fsp3) is 0.462. The van der Waals surface area contributed by atoms with Crippen molar-refractivity contribution < 1.29 is 17.9 Å². The Kier molecular flexibility index (Phi) is 7.30. The van der Waals surface area contributed by atoms with Crippen LogP contribution >= 0.6 is 11.3 Å². The van der Waals surface area contributed by atoms with Gasteiger partial charge in [-0.15, -0.1) is 0 Å². The summed E-state index contributed by atoms with van der Waals surface area (Å²) in [6.45, 7) is 10.4. The summed E-state index contributed by atoms with van der Waals surface area (Å²) < 4.78 is 34.1. The Hall–Kier alpha value is -2.53. The Labute approximate surface area is 216 Å². The van der Waals surface area contributed by atoms with E-state index in [4.69, 9.17) is 9.72 Å². The third-order valence-corrected chi connectivity index (χ3v) is 9.96. The third-order valence-electron chi connectivity index (χ3n) is 7.00. The lowest BCUT2D eigenvalue weighted by Crippen LogP contribution is -2.46. The van der Waals surface area contributed by atoms with Gasteiger partial charge in [0.25, 0.3) is 0 Å². The van der Waals surface area contributed by atoms with E-state index >= 15 is 0 Å². The van der Waals surface area contributed by atoms with E-state index < -0.39 is 16.0 Å². The van der Waals surface area contributed by atoms with Crippen molar-refractivity contribution in [1.82, 2.24) is 14.2 Å². The number of fused-ring (bicyclic) bond motifs is 1. The number of piperazine rings is 1. The van der Waals surface area contributed by atoms with Crippen LogP contribution in [0.4, 0.5) is 5.13 Å². The lowest BCUT2D eigenvalue weighted by molar-refractivity contribution is 0.0735. The molecule has 10 heteroatoms. The molecule has 0 N–H and O–H groups in total. The van der Waals surface area contributed by atoms with Crippen LogP contribution in [0.15, 0.2) is 47.4 Å². The number of esters is 1. The molecule has 192 valence electrons. The lowest BCUT2D eigenvalue weighted by atomic mass is 10.0. The molecule has 0 spiro atoms. The number of piperidine rings is 1. The van der Waals surface area contributed by atoms with Crippen molar-refractivity contribution in [3.63, 3.8) is 0 Å². The minimum Gasteiger partial charge on any atom is -0.423 e. The summed E-state index contributed by atoms with van der Waals surface area (Å²) in [6.07, 6.45) is 1.91. The fourth-order valence-electron chi connectivity index (χ4n) is 4.79. The molecule has 0 bridgehead atoms. The van der Waals surface area contributed by atoms with Gasteiger partial charge in [-0.2, -0.15) is 4.31 Å². The summed E-state index contributed by atoms with van der Waals surface area (Å²) in [4.78, 5) is 22.5. The Balaban J connectivity index is 1.26. The Morgan fingerprint density at radius 3 is 2.53 bits per heavy atom. The van der Waals surface area contributed by atoms with E-state index in [0.717, 1.165) is 60.9 Å². The highest BCUT2D eigenvalue weighted by Gasteiger charge is 2.28. The molecular weight excluding hydrogens is 496 g/mol. The zero-order valence-corrected chi connectivity index (χ0v) is 22.4. The van der Waals surface area contributed by atoms with Crippen LogP contribution in [0.25, 0.3) is 10.2 Å². The number of aromatic nitrogens is 1. The van der Waals surface area contributed by atoms with Gasteiger partial charge < -0.3 is 14.5 Å². The molecule has 0 aliphatic carbocycles. The van der Waals surface area contributed by atoms with Crippen LogP contribution in [0, 0.1) is 5.92 Å². The van der Waals surface area contributed by atoms with Gasteiger partial charge in [0.05, 0.1) is 20.7 Å². The van der Waals surface area contributed by atoms with Gasteiger partial charge in [-0.3, -0.25) is 0 Å². The maximum absolute atomic E-state index is 13.0. The number of anilines is 1. The van der Waals surface area contributed by atoms with Crippen molar-refractivity contribution in [3.05, 3.63) is 48.0 Å². The van der Waals surface area contributed by atoms with Crippen LogP contribution in [0.5, 0.6) is 5.75 Å². The molecule has 0 unspecified atom stereocenters. The number of benzene rings is 2. The quantitative estimate of drug-likeness (QED) is 0.352. The Morgan fingerprint density at radius 1 is 1.08 bits per heavy atom. The highest BCUT2D eigenvalue weighted by Crippen LogP contribution is 2.32. The van der Waals surface area contributed by atoms with Crippen molar-refractivity contribution in [2.45, 2.75) is 31.6 Å². The summed E-state index contributed by atoms with van der Waals surface area (Å²) in [5.41, 5.74) is 1.19. The normalized spacial score (nSPS) is 20.1. The Bertz CT molecular complexity index is 1330. The van der Waals surface area contributed by atoms with Gasteiger partial charge in [0.15, 0.2) is 5.13 Å². The summed E-state index contributed by atoms with van der Waals surface area (Å²) in [5.74, 6) is 0.267. The maximum atomic E-state index is 13.0. The highest BCUT2D eigenvalue weighted by molar-refractivity contribution is 7.89. The molecule has 0 radical (unpaired) electrons. The number of hydrogen-bond donors (Lipinski definition) is 0. The minimum absolute atomic E-state index is 0.200. The second-order valence-corrected chi connectivity index (χ2v) is 12.5. The number of hydrogen-bond acceptors (Lipinski definition) is 8. The lowest BCUT2D eigenvalue weighted by Gasteiger charge is -2.33. The first kappa shape index (κ1) is 25.1. The molecule has 3 aromatic rings. The van der Waals surface area contributed by atoms with E-state index in [-0.39, 0.29) is 4.90 Å². The van der Waals surface area contributed by atoms with Gasteiger partial charge >= 0.3 is 5.97 Å². The molecule has 3 heterocycles. The van der Waals surface area contributed by atoms with E-state index in [1.54, 1.807) is 17.4 Å². The first-order valence-electron chi connectivity index (χ1n) is 12.5. The van der Waals surface area contributed by atoms with Gasteiger partial charge in [-0.1, -0.05) is 25.2 Å². The number of sulfonamides is 1. The molecular formula is C26H32N4O4S2. The maximum Gasteiger partial charge on any atom is 0.343 e. The number of ether oxygens (including phenoxy) is 1. The molecule has 2 aliphatic rings. The minimum atomic E-state index is -3.56. The standard InChI is InChI=1S/C26H32N4O4S2/c1-3-28-13-15-29(16-14-28)26-27-23-11-8-21(17-24(23)35-26)34-25(31)20-6-9-22(10-7-20)36(32,33)30-12-4-5-19(2)18-30/h6-11,17,19H,3-5,12-16,18H2,1-2H3/t19-/m0/s1. The van der Waals surface area contributed by atoms with Gasteiger partial charge in [0, 0.05) is 45.3 Å². The van der Waals surface area contributed by atoms with Crippen molar-refractivity contribution in [3.8, 4) is 5.75 Å². The van der Waals surface area contributed by atoms with Crippen LogP contribution in [0.2, 0.25) is 0 Å². The van der Waals surface area contributed by atoms with Crippen molar-refractivity contribution in [2.24, 2.45) is 5.92 Å². The van der Waals surface area contributed by atoms with Crippen molar-refractivity contribution in [1.29, 1.82) is 0 Å². The van der Waals surface area contributed by atoms with Gasteiger partial charge in [0.2, 0.25) is 10.0 Å². The van der Waals surface area contributed by atoms with Crippen LogP contribution in [0.3, 0.4) is 0 Å². The highest BCUT2D eigenvalue weighted by atomic mass is 32.2. The van der Waals surface area contributed by atoms with Gasteiger partial charge in [0.1, 0.15) is 5.75 Å². The van der Waals surface area contributed by atoms with E-state index in [2.05, 4.69) is 23.6 Å². The van der Waals surface area contributed by atoms with E-state index in [0.29, 0.717) is 30.3 Å². The number of carbonyl (C=O) groups is 1. The molecule has 5 rings (SSSR count). The van der Waals surface area contributed by atoms with E-state index in [9.17, 15) is 13.2 Å². The average molecular weight is 529 g/mol. The molecule has 2 aromatic carbocycles. The average Bonchev–Trinajstić information content (AvgIpc) is 3.32. The first-order chi connectivity index (χ1) is 17.3. The molecule has 1 atom stereocenters. The number of nitrogens with zero attached hydrogens (tertiary/aromatic N) is 4. The fourth-order valence-corrected chi connectivity index (χ4v) is 7.43. The zero-order chi connectivity index (χ0) is 25.3. The predicted molar refractivity (Wildman–Crippen MR) is 143 cm³/mol. The molecule has 2 saturated heterocycles. The number of thiazole rings is 1. The molecule has 1 aromatic heterocycles. The van der Waals surface area contributed by atoms with E-state index in [1.165, 1.54) is 28.6 Å². The zero-order valence-electron chi connectivity index (χ0n) is 20.7. The number of rotatable bonds is 6. The van der Waals surface area contributed by atoms with Crippen LogP contribution in [-0.4, -0.2) is 74.4 Å². The third kappa shape index (κ3) is 5.27. The summed E-state index contributed by atoms with van der Waals surface area (Å²) in [7, 11) is -3.56. The molecule has 36 heavy (non-hydrogen) atoms. The topological polar surface area (TPSA) is 83.0 Å². The molecule has 2 fully saturated rings. The summed E-state index contributed by atoms with van der Waals surface area (Å²) in [6, 6.07) is 11.5. The van der Waals surface area contributed by atoms with E-state index in [1.807, 2.05) is 12.1 Å². The molecule has 0 saturated carbocycles. The largest absolute Gasteiger partial charge is 0.423 e. The van der Waals surface area contributed by atoms with Crippen LogP contribution in [0.1, 0.15) is 37.0 Å². The smallest absolute Gasteiger partial charge is 0.343 e. The summed E-state index contributed by atoms with van der Waals surface area (Å²) in [5, 5.41) is 0.990. The molecule has 2 aliphatic heterocycles. The summed E-state index contributed by atoms with van der Waals surface area (Å²) >= 11 is 1.60. The van der Waals surface area contributed by atoms with Crippen LogP contribution in [-0.2, 0) is 10.0 Å². The Morgan fingerprint density at radius 2 is 1.83 bits per heavy atom. The number of carbonyl (C=O) groups excluding carboxylic acids is 1.